The number of hydrogen-bond acceptors (Lipinski definition) is 3. The third kappa shape index (κ3) is 8.90. The highest BCUT2D eigenvalue weighted by molar-refractivity contribution is 5.67. The van der Waals surface area contributed by atoms with E-state index in [1.807, 2.05) is 0 Å². The first-order valence-electron chi connectivity index (χ1n) is 10.8. The lowest BCUT2D eigenvalue weighted by atomic mass is 9.90. The van der Waals surface area contributed by atoms with E-state index in [1.54, 1.807) is 0 Å². The lowest BCUT2D eigenvalue weighted by Crippen LogP contribution is -2.24. The highest BCUT2D eigenvalue weighted by atomic mass is 14.9. The maximum Gasteiger partial charge on any atom is 0.0381 e. The van der Waals surface area contributed by atoms with Gasteiger partial charge in [-0.2, -0.15) is 0 Å². The van der Waals surface area contributed by atoms with Gasteiger partial charge in [0.05, 0.1) is 0 Å². The average molecular weight is 376 g/mol. The standard InChI is InChI=1S/C24H45N3/c1-10-22(4,5)16-25-19-13-20(26-17-23(6,7)11-2)15-21(14-19)27-18-24(8,9)12-3/h13-15,25-27H,10-12,16-18H2,1-9H3. The second-order valence-electron chi connectivity index (χ2n) is 10.4. The van der Waals surface area contributed by atoms with Gasteiger partial charge < -0.3 is 16.0 Å². The van der Waals surface area contributed by atoms with Crippen molar-refractivity contribution in [1.82, 2.24) is 0 Å². The highest BCUT2D eigenvalue weighted by Gasteiger charge is 2.18. The van der Waals surface area contributed by atoms with Crippen LogP contribution in [-0.4, -0.2) is 19.6 Å². The Morgan fingerprint density at radius 1 is 0.519 bits per heavy atom. The van der Waals surface area contributed by atoms with Gasteiger partial charge >= 0.3 is 0 Å². The van der Waals surface area contributed by atoms with Crippen molar-refractivity contribution >= 4 is 17.1 Å². The maximum atomic E-state index is 3.66. The van der Waals surface area contributed by atoms with Crippen molar-refractivity contribution in [2.24, 2.45) is 16.2 Å². The molecule has 0 aliphatic rings. The van der Waals surface area contributed by atoms with E-state index in [0.717, 1.165) is 19.6 Å². The van der Waals surface area contributed by atoms with Crippen LogP contribution in [0.5, 0.6) is 0 Å². The zero-order chi connectivity index (χ0) is 20.7. The average Bonchev–Trinajstić information content (AvgIpc) is 2.63. The first kappa shape index (κ1) is 23.7. The molecule has 0 spiro atoms. The van der Waals surface area contributed by atoms with Crippen molar-refractivity contribution in [3.05, 3.63) is 18.2 Å². The Kier molecular flexibility index (Phi) is 8.50. The lowest BCUT2D eigenvalue weighted by Gasteiger charge is -2.27. The van der Waals surface area contributed by atoms with Gasteiger partial charge in [-0.1, -0.05) is 62.3 Å². The predicted molar refractivity (Wildman–Crippen MR) is 124 cm³/mol. The molecule has 0 unspecified atom stereocenters. The molecule has 27 heavy (non-hydrogen) atoms. The van der Waals surface area contributed by atoms with Gasteiger partial charge in [0.15, 0.2) is 0 Å². The molecule has 0 amide bonds. The Bertz CT molecular complexity index is 480. The first-order chi connectivity index (χ1) is 12.4. The number of rotatable bonds is 12. The zero-order valence-electron chi connectivity index (χ0n) is 19.5. The molecule has 0 atom stereocenters. The first-order valence-corrected chi connectivity index (χ1v) is 10.8. The van der Waals surface area contributed by atoms with E-state index in [-0.39, 0.29) is 0 Å². The van der Waals surface area contributed by atoms with Crippen molar-refractivity contribution in [3.8, 4) is 0 Å². The molecule has 0 heterocycles. The molecule has 1 aromatic rings. The Labute approximate surface area is 169 Å². The molecule has 0 bridgehead atoms. The van der Waals surface area contributed by atoms with Gasteiger partial charge in [0.25, 0.3) is 0 Å². The molecule has 0 aliphatic heterocycles. The molecule has 1 rings (SSSR count). The summed E-state index contributed by atoms with van der Waals surface area (Å²) in [5, 5.41) is 11.0. The van der Waals surface area contributed by atoms with Crippen LogP contribution >= 0.6 is 0 Å². The largest absolute Gasteiger partial charge is 0.384 e. The van der Waals surface area contributed by atoms with Crippen LogP contribution in [0.2, 0.25) is 0 Å². The summed E-state index contributed by atoms with van der Waals surface area (Å²) >= 11 is 0. The third-order valence-corrected chi connectivity index (χ3v) is 6.12. The van der Waals surface area contributed by atoms with Gasteiger partial charge in [0, 0.05) is 36.7 Å². The second kappa shape index (κ2) is 9.71. The molecule has 0 fully saturated rings. The van der Waals surface area contributed by atoms with E-state index in [9.17, 15) is 0 Å². The smallest absolute Gasteiger partial charge is 0.0381 e. The number of benzene rings is 1. The lowest BCUT2D eigenvalue weighted by molar-refractivity contribution is 0.376. The van der Waals surface area contributed by atoms with E-state index in [4.69, 9.17) is 0 Å². The summed E-state index contributed by atoms with van der Waals surface area (Å²) in [7, 11) is 0. The van der Waals surface area contributed by atoms with E-state index in [2.05, 4.69) is 96.5 Å². The van der Waals surface area contributed by atoms with Crippen molar-refractivity contribution < 1.29 is 0 Å². The zero-order valence-corrected chi connectivity index (χ0v) is 19.5. The van der Waals surface area contributed by atoms with E-state index in [0.29, 0.717) is 16.2 Å². The van der Waals surface area contributed by atoms with Crippen LogP contribution in [0.15, 0.2) is 18.2 Å². The molecule has 3 heteroatoms. The van der Waals surface area contributed by atoms with Crippen LogP contribution in [0.4, 0.5) is 17.1 Å². The molecule has 0 aromatic heterocycles. The van der Waals surface area contributed by atoms with Crippen LogP contribution in [0.25, 0.3) is 0 Å². The van der Waals surface area contributed by atoms with Gasteiger partial charge in [-0.05, 0) is 53.7 Å². The fourth-order valence-electron chi connectivity index (χ4n) is 2.33. The molecule has 0 aliphatic carbocycles. The van der Waals surface area contributed by atoms with Crippen LogP contribution in [0, 0.1) is 16.2 Å². The molecule has 0 saturated carbocycles. The summed E-state index contributed by atoms with van der Waals surface area (Å²) in [5.41, 5.74) is 4.45. The fraction of sp³-hybridized carbons (Fsp3) is 0.750. The normalized spacial score (nSPS) is 12.8. The minimum Gasteiger partial charge on any atom is -0.384 e. The molecule has 0 radical (unpaired) electrons. The highest BCUT2D eigenvalue weighted by Crippen LogP contribution is 2.29. The quantitative estimate of drug-likeness (QED) is 0.360. The second-order valence-corrected chi connectivity index (χ2v) is 10.4. The summed E-state index contributed by atoms with van der Waals surface area (Å²) in [6.07, 6.45) is 3.50. The summed E-state index contributed by atoms with van der Waals surface area (Å²) in [4.78, 5) is 0. The SMILES string of the molecule is CCC(C)(C)CNc1cc(NCC(C)(C)CC)cc(NCC(C)(C)CC)c1. The van der Waals surface area contributed by atoms with Gasteiger partial charge in [0.1, 0.15) is 0 Å². The number of hydrogen-bond donors (Lipinski definition) is 3. The van der Waals surface area contributed by atoms with E-state index < -0.39 is 0 Å². The van der Waals surface area contributed by atoms with E-state index in [1.165, 1.54) is 36.3 Å². The van der Waals surface area contributed by atoms with Crippen LogP contribution in [-0.2, 0) is 0 Å². The Hall–Kier alpha value is -1.38. The van der Waals surface area contributed by atoms with Gasteiger partial charge in [-0.15, -0.1) is 0 Å². The number of anilines is 3. The Balaban J connectivity index is 2.96. The number of nitrogens with one attached hydrogen (secondary N) is 3. The summed E-state index contributed by atoms with van der Waals surface area (Å²) < 4.78 is 0. The van der Waals surface area contributed by atoms with Gasteiger partial charge in [-0.3, -0.25) is 0 Å². The molecule has 3 N–H and O–H groups in total. The van der Waals surface area contributed by atoms with Crippen LogP contribution in [0.3, 0.4) is 0 Å². The van der Waals surface area contributed by atoms with Gasteiger partial charge in [0.2, 0.25) is 0 Å². The summed E-state index contributed by atoms with van der Waals surface area (Å²) in [6.45, 7) is 23.6. The van der Waals surface area contributed by atoms with Crippen LogP contribution in [0.1, 0.15) is 81.6 Å². The molecular weight excluding hydrogens is 330 g/mol. The Morgan fingerprint density at radius 2 is 0.741 bits per heavy atom. The predicted octanol–water partition coefficient (Wildman–Crippen LogP) is 7.23. The maximum absolute atomic E-state index is 3.66. The topological polar surface area (TPSA) is 36.1 Å². The van der Waals surface area contributed by atoms with Crippen LogP contribution < -0.4 is 16.0 Å². The minimum absolute atomic E-state index is 0.297. The molecule has 3 nitrogen and oxygen atoms in total. The molecular formula is C24H45N3. The van der Waals surface area contributed by atoms with Crippen molar-refractivity contribution in [2.75, 3.05) is 35.6 Å². The summed E-state index contributed by atoms with van der Waals surface area (Å²) in [6, 6.07) is 6.73. The minimum atomic E-state index is 0.297. The van der Waals surface area contributed by atoms with Crippen molar-refractivity contribution in [2.45, 2.75) is 81.6 Å². The molecule has 0 saturated heterocycles. The molecule has 1 aromatic carbocycles. The van der Waals surface area contributed by atoms with Crippen molar-refractivity contribution in [1.29, 1.82) is 0 Å². The van der Waals surface area contributed by atoms with E-state index >= 15 is 0 Å². The third-order valence-electron chi connectivity index (χ3n) is 6.12. The van der Waals surface area contributed by atoms with Gasteiger partial charge in [-0.25, -0.2) is 0 Å². The molecule has 156 valence electrons. The Morgan fingerprint density at radius 3 is 0.926 bits per heavy atom. The van der Waals surface area contributed by atoms with Crippen molar-refractivity contribution in [3.63, 3.8) is 0 Å². The summed E-state index contributed by atoms with van der Waals surface area (Å²) in [5.74, 6) is 0. The monoisotopic (exact) mass is 375 g/mol. The fourth-order valence-corrected chi connectivity index (χ4v) is 2.33.